The molecule has 0 atom stereocenters. The zero-order valence-electron chi connectivity index (χ0n) is 9.17. The van der Waals surface area contributed by atoms with Gasteiger partial charge in [-0.1, -0.05) is 54.6 Å². The maximum atomic E-state index is 10.8. The van der Waals surface area contributed by atoms with Crippen molar-refractivity contribution in [3.05, 3.63) is 60.2 Å². The van der Waals surface area contributed by atoms with Crippen LogP contribution in [0.15, 0.2) is 54.6 Å². The number of rotatable bonds is 3. The third-order valence-corrected chi connectivity index (χ3v) is 2.44. The van der Waals surface area contributed by atoms with Gasteiger partial charge < -0.3 is 5.11 Å². The van der Waals surface area contributed by atoms with Crippen molar-refractivity contribution >= 4 is 18.4 Å². The van der Waals surface area contributed by atoms with E-state index in [2.05, 4.69) is 0 Å². The molecule has 0 bridgehead atoms. The van der Waals surface area contributed by atoms with E-state index < -0.39 is 5.97 Å². The average Bonchev–Trinajstić information content (AvgIpc) is 2.30. The minimum absolute atomic E-state index is 0. The second-order valence-corrected chi connectivity index (χ2v) is 3.59. The first kappa shape index (κ1) is 13.3. The van der Waals surface area contributed by atoms with E-state index in [1.807, 2.05) is 54.6 Å². The molecule has 0 saturated carbocycles. The highest BCUT2D eigenvalue weighted by Crippen LogP contribution is 2.23. The second kappa shape index (κ2) is 6.06. The molecule has 0 amide bonds. The van der Waals surface area contributed by atoms with E-state index in [-0.39, 0.29) is 18.8 Å². The van der Waals surface area contributed by atoms with Gasteiger partial charge in [-0.15, -0.1) is 12.4 Å². The Kier molecular flexibility index (Phi) is 4.73. The van der Waals surface area contributed by atoms with Gasteiger partial charge in [-0.3, -0.25) is 4.79 Å². The van der Waals surface area contributed by atoms with Crippen LogP contribution >= 0.6 is 12.4 Å². The van der Waals surface area contributed by atoms with Gasteiger partial charge in [-0.2, -0.15) is 0 Å². The zero-order valence-corrected chi connectivity index (χ0v) is 9.98. The maximum absolute atomic E-state index is 10.8. The molecule has 2 aromatic carbocycles. The fraction of sp³-hybridized carbons (Fsp3) is 0.0714. The van der Waals surface area contributed by atoms with Gasteiger partial charge in [-0.25, -0.2) is 0 Å². The van der Waals surface area contributed by atoms with Crippen LogP contribution in [-0.4, -0.2) is 11.1 Å². The molecule has 0 aliphatic heterocycles. The lowest BCUT2D eigenvalue weighted by molar-refractivity contribution is -0.136. The predicted octanol–water partition coefficient (Wildman–Crippen LogP) is 3.40. The number of halogens is 1. The lowest BCUT2D eigenvalue weighted by Gasteiger charge is -2.07. The van der Waals surface area contributed by atoms with Gasteiger partial charge in [0.05, 0.1) is 6.42 Å². The Balaban J connectivity index is 0.00000144. The smallest absolute Gasteiger partial charge is 0.307 e. The lowest BCUT2D eigenvalue weighted by Crippen LogP contribution is -2.01. The normalized spacial score (nSPS) is 9.41. The Morgan fingerprint density at radius 1 is 0.941 bits per heavy atom. The van der Waals surface area contributed by atoms with Crippen LogP contribution in [0.25, 0.3) is 11.1 Å². The molecule has 0 aliphatic carbocycles. The topological polar surface area (TPSA) is 37.3 Å². The largest absolute Gasteiger partial charge is 0.481 e. The summed E-state index contributed by atoms with van der Waals surface area (Å²) in [6.45, 7) is 0. The van der Waals surface area contributed by atoms with Crippen molar-refractivity contribution in [2.45, 2.75) is 6.42 Å². The number of aliphatic carboxylic acids is 1. The van der Waals surface area contributed by atoms with E-state index in [4.69, 9.17) is 5.11 Å². The van der Waals surface area contributed by atoms with E-state index in [1.54, 1.807) is 0 Å². The summed E-state index contributed by atoms with van der Waals surface area (Å²) >= 11 is 0. The standard InChI is InChI=1S/C14H12O2.ClH/c15-14(16)10-12-8-4-5-9-13(12)11-6-2-1-3-7-11;/h1-9H,10H2,(H,15,16);1H. The second-order valence-electron chi connectivity index (χ2n) is 3.59. The Morgan fingerprint density at radius 2 is 1.53 bits per heavy atom. The van der Waals surface area contributed by atoms with Crippen LogP contribution in [0.5, 0.6) is 0 Å². The van der Waals surface area contributed by atoms with Gasteiger partial charge in [0.25, 0.3) is 0 Å². The van der Waals surface area contributed by atoms with Crippen LogP contribution in [0.1, 0.15) is 5.56 Å². The summed E-state index contributed by atoms with van der Waals surface area (Å²) in [5.74, 6) is -0.802. The molecule has 3 heteroatoms. The first-order valence-corrected chi connectivity index (χ1v) is 5.12. The Labute approximate surface area is 106 Å². The van der Waals surface area contributed by atoms with Crippen molar-refractivity contribution in [1.29, 1.82) is 0 Å². The van der Waals surface area contributed by atoms with Gasteiger partial charge in [0.2, 0.25) is 0 Å². The van der Waals surface area contributed by atoms with Gasteiger partial charge in [-0.05, 0) is 16.7 Å². The van der Waals surface area contributed by atoms with Gasteiger partial charge in [0, 0.05) is 0 Å². The number of carboxylic acid groups (broad SMARTS) is 1. The highest BCUT2D eigenvalue weighted by Gasteiger charge is 2.07. The molecule has 2 nitrogen and oxygen atoms in total. The summed E-state index contributed by atoms with van der Waals surface area (Å²) in [5.41, 5.74) is 2.89. The van der Waals surface area contributed by atoms with E-state index >= 15 is 0 Å². The fourth-order valence-electron chi connectivity index (χ4n) is 1.74. The van der Waals surface area contributed by atoms with Gasteiger partial charge in [0.1, 0.15) is 0 Å². The van der Waals surface area contributed by atoms with Crippen molar-refractivity contribution in [3.8, 4) is 11.1 Å². The molecule has 0 saturated heterocycles. The molecule has 1 N–H and O–H groups in total. The van der Waals surface area contributed by atoms with Gasteiger partial charge >= 0.3 is 5.97 Å². The molecule has 0 aromatic heterocycles. The third-order valence-electron chi connectivity index (χ3n) is 2.44. The molecule has 2 rings (SSSR count). The lowest BCUT2D eigenvalue weighted by atomic mass is 9.98. The fourth-order valence-corrected chi connectivity index (χ4v) is 1.74. The molecule has 2 aromatic rings. The molecular weight excluding hydrogens is 236 g/mol. The number of carboxylic acids is 1. The van der Waals surface area contributed by atoms with Crippen molar-refractivity contribution in [1.82, 2.24) is 0 Å². The van der Waals surface area contributed by atoms with Crippen LogP contribution in [-0.2, 0) is 11.2 Å². The molecule has 0 aliphatic rings. The highest BCUT2D eigenvalue weighted by atomic mass is 35.5. The van der Waals surface area contributed by atoms with Crippen molar-refractivity contribution in [2.75, 3.05) is 0 Å². The van der Waals surface area contributed by atoms with Gasteiger partial charge in [0.15, 0.2) is 0 Å². The van der Waals surface area contributed by atoms with Crippen LogP contribution < -0.4 is 0 Å². The van der Waals surface area contributed by atoms with Crippen LogP contribution in [0, 0.1) is 0 Å². The van der Waals surface area contributed by atoms with Crippen LogP contribution in [0.2, 0.25) is 0 Å². The molecule has 0 unspecified atom stereocenters. The number of benzene rings is 2. The Hall–Kier alpha value is -1.80. The highest BCUT2D eigenvalue weighted by molar-refractivity contribution is 5.85. The molecule has 0 fully saturated rings. The quantitative estimate of drug-likeness (QED) is 0.904. The van der Waals surface area contributed by atoms with Crippen LogP contribution in [0.4, 0.5) is 0 Å². The molecule has 17 heavy (non-hydrogen) atoms. The number of hydrogen-bond donors (Lipinski definition) is 1. The van der Waals surface area contributed by atoms with Crippen molar-refractivity contribution < 1.29 is 9.90 Å². The Morgan fingerprint density at radius 3 is 2.18 bits per heavy atom. The summed E-state index contributed by atoms with van der Waals surface area (Å²) in [6, 6.07) is 17.4. The first-order chi connectivity index (χ1) is 7.77. The van der Waals surface area contributed by atoms with E-state index in [1.165, 1.54) is 0 Å². The minimum Gasteiger partial charge on any atom is -0.481 e. The third kappa shape index (κ3) is 3.33. The number of hydrogen-bond acceptors (Lipinski definition) is 1. The SMILES string of the molecule is Cl.O=C(O)Cc1ccccc1-c1ccccc1. The maximum Gasteiger partial charge on any atom is 0.307 e. The molecule has 0 heterocycles. The van der Waals surface area contributed by atoms with E-state index in [9.17, 15) is 4.79 Å². The first-order valence-electron chi connectivity index (χ1n) is 5.12. The number of carbonyl (C=O) groups is 1. The predicted molar refractivity (Wildman–Crippen MR) is 70.5 cm³/mol. The molecule has 0 radical (unpaired) electrons. The molecular formula is C14H13ClO2. The van der Waals surface area contributed by atoms with E-state index in [0.29, 0.717) is 0 Å². The summed E-state index contributed by atoms with van der Waals surface area (Å²) in [4.78, 5) is 10.8. The molecule has 88 valence electrons. The van der Waals surface area contributed by atoms with E-state index in [0.717, 1.165) is 16.7 Å². The zero-order chi connectivity index (χ0) is 11.4. The van der Waals surface area contributed by atoms with Crippen molar-refractivity contribution in [3.63, 3.8) is 0 Å². The summed E-state index contributed by atoms with van der Waals surface area (Å²) in [5, 5.41) is 8.84. The average molecular weight is 249 g/mol. The van der Waals surface area contributed by atoms with Crippen LogP contribution in [0.3, 0.4) is 0 Å². The molecule has 0 spiro atoms. The minimum atomic E-state index is -0.802. The Bertz CT molecular complexity index is 495. The summed E-state index contributed by atoms with van der Waals surface area (Å²) in [6.07, 6.45) is 0.0606. The summed E-state index contributed by atoms with van der Waals surface area (Å²) < 4.78 is 0. The van der Waals surface area contributed by atoms with Crippen molar-refractivity contribution in [2.24, 2.45) is 0 Å². The summed E-state index contributed by atoms with van der Waals surface area (Å²) in [7, 11) is 0. The monoisotopic (exact) mass is 248 g/mol.